The maximum Gasteiger partial charge on any atom is 0.233 e. The van der Waals surface area contributed by atoms with Crippen molar-refractivity contribution in [1.29, 1.82) is 0 Å². The minimum Gasteiger partial charge on any atom is -0.374 e. The summed E-state index contributed by atoms with van der Waals surface area (Å²) < 4.78 is 8.46. The number of rotatable bonds is 3. The fourth-order valence-electron chi connectivity index (χ4n) is 2.90. The van der Waals surface area contributed by atoms with Crippen LogP contribution in [-0.2, 0) is 16.1 Å². The number of carbonyl (C=O) groups excluding carboxylic acids is 1. The molecule has 122 valence electrons. The molecule has 4 rings (SSSR count). The number of anilines is 1. The molecular weight excluding hydrogens is 338 g/mol. The lowest BCUT2D eigenvalue weighted by molar-refractivity contribution is -0.135. The normalized spacial score (nSPS) is 23.4. The van der Waals surface area contributed by atoms with Gasteiger partial charge in [0.2, 0.25) is 11.0 Å². The number of fused-ring (bicyclic) bond motifs is 3. The van der Waals surface area contributed by atoms with Crippen LogP contribution in [0.5, 0.6) is 0 Å². The van der Waals surface area contributed by atoms with Gasteiger partial charge in [-0.1, -0.05) is 28.3 Å². The molecule has 2 aliphatic rings. The van der Waals surface area contributed by atoms with Gasteiger partial charge in [0, 0.05) is 13.1 Å². The SMILES string of the molecule is Nc1nnc(SCC(=O)N2CC[C@H]3OCc4cnnn4[C@H]3C2)s1. The number of hydrogen-bond acceptors (Lipinski definition) is 9. The molecule has 0 spiro atoms. The number of ether oxygens (including phenoxy) is 1. The molecule has 1 amide bonds. The van der Waals surface area contributed by atoms with Crippen LogP contribution < -0.4 is 5.73 Å². The van der Waals surface area contributed by atoms with Gasteiger partial charge in [0.05, 0.1) is 36.4 Å². The molecule has 23 heavy (non-hydrogen) atoms. The molecule has 0 aromatic carbocycles. The molecule has 9 nitrogen and oxygen atoms in total. The van der Waals surface area contributed by atoms with Crippen LogP contribution in [0.25, 0.3) is 0 Å². The number of aromatic nitrogens is 5. The smallest absolute Gasteiger partial charge is 0.233 e. The zero-order valence-corrected chi connectivity index (χ0v) is 13.8. The van der Waals surface area contributed by atoms with Crippen LogP contribution in [0.2, 0.25) is 0 Å². The van der Waals surface area contributed by atoms with E-state index in [-0.39, 0.29) is 18.1 Å². The molecule has 2 aliphatic heterocycles. The van der Waals surface area contributed by atoms with Crippen molar-refractivity contribution in [1.82, 2.24) is 30.1 Å². The lowest BCUT2D eigenvalue weighted by Gasteiger charge is -2.40. The molecule has 0 unspecified atom stereocenters. The average molecular weight is 353 g/mol. The topological polar surface area (TPSA) is 112 Å². The highest BCUT2D eigenvalue weighted by Crippen LogP contribution is 2.31. The first-order valence-corrected chi connectivity index (χ1v) is 9.01. The number of likely N-dealkylation sites (tertiary alicyclic amines) is 1. The maximum absolute atomic E-state index is 12.4. The molecule has 2 atom stereocenters. The van der Waals surface area contributed by atoms with Crippen molar-refractivity contribution >= 4 is 34.1 Å². The number of amides is 1. The average Bonchev–Trinajstić information content (AvgIpc) is 3.20. The Morgan fingerprint density at radius 2 is 2.43 bits per heavy atom. The molecule has 0 bridgehead atoms. The Labute approximate surface area is 140 Å². The van der Waals surface area contributed by atoms with Crippen molar-refractivity contribution in [2.75, 3.05) is 24.6 Å². The highest BCUT2D eigenvalue weighted by Gasteiger charge is 2.37. The Kier molecular flexibility index (Phi) is 3.91. The Balaban J connectivity index is 1.40. The molecule has 11 heteroatoms. The van der Waals surface area contributed by atoms with E-state index in [0.29, 0.717) is 34.9 Å². The van der Waals surface area contributed by atoms with Crippen LogP contribution in [0.3, 0.4) is 0 Å². The van der Waals surface area contributed by atoms with Crippen molar-refractivity contribution < 1.29 is 9.53 Å². The van der Waals surface area contributed by atoms with Crippen LogP contribution in [0, 0.1) is 0 Å². The summed E-state index contributed by atoms with van der Waals surface area (Å²) in [5.74, 6) is 0.409. The van der Waals surface area contributed by atoms with E-state index >= 15 is 0 Å². The van der Waals surface area contributed by atoms with Crippen molar-refractivity contribution in [2.24, 2.45) is 0 Å². The fraction of sp³-hybridized carbons (Fsp3) is 0.583. The molecule has 1 fully saturated rings. The monoisotopic (exact) mass is 353 g/mol. The van der Waals surface area contributed by atoms with E-state index in [1.54, 1.807) is 6.20 Å². The van der Waals surface area contributed by atoms with Gasteiger partial charge in [0.15, 0.2) is 4.34 Å². The molecule has 1 saturated heterocycles. The summed E-state index contributed by atoms with van der Waals surface area (Å²) in [7, 11) is 0. The lowest BCUT2D eigenvalue weighted by Crippen LogP contribution is -2.50. The van der Waals surface area contributed by atoms with Crippen LogP contribution in [0.4, 0.5) is 5.13 Å². The number of nitrogen functional groups attached to an aromatic ring is 1. The molecule has 2 aromatic heterocycles. The minimum atomic E-state index is 0.0427. The van der Waals surface area contributed by atoms with Crippen molar-refractivity contribution in [3.05, 3.63) is 11.9 Å². The third kappa shape index (κ3) is 2.91. The predicted molar refractivity (Wildman–Crippen MR) is 83.9 cm³/mol. The molecule has 0 aliphatic carbocycles. The first-order valence-electron chi connectivity index (χ1n) is 7.21. The summed E-state index contributed by atoms with van der Waals surface area (Å²) in [5, 5.41) is 16.2. The predicted octanol–water partition coefficient (Wildman–Crippen LogP) is 0.176. The van der Waals surface area contributed by atoms with E-state index in [9.17, 15) is 4.79 Å². The number of thioether (sulfide) groups is 1. The quantitative estimate of drug-likeness (QED) is 0.778. The van der Waals surface area contributed by atoms with Gasteiger partial charge >= 0.3 is 0 Å². The van der Waals surface area contributed by atoms with Gasteiger partial charge in [-0.3, -0.25) is 4.79 Å². The Morgan fingerprint density at radius 1 is 1.52 bits per heavy atom. The number of piperidine rings is 1. The summed E-state index contributed by atoms with van der Waals surface area (Å²) in [6, 6.07) is 0.0427. The summed E-state index contributed by atoms with van der Waals surface area (Å²) in [4.78, 5) is 14.3. The summed E-state index contributed by atoms with van der Waals surface area (Å²) in [6.07, 6.45) is 2.63. The van der Waals surface area contributed by atoms with E-state index < -0.39 is 0 Å². The summed E-state index contributed by atoms with van der Waals surface area (Å²) in [5.41, 5.74) is 6.50. The largest absolute Gasteiger partial charge is 0.374 e. The van der Waals surface area contributed by atoms with Gasteiger partial charge in [-0.2, -0.15) is 0 Å². The molecule has 0 saturated carbocycles. The van der Waals surface area contributed by atoms with Crippen LogP contribution >= 0.6 is 23.1 Å². The third-order valence-corrected chi connectivity index (χ3v) is 5.89. The molecular formula is C12H15N7O2S2. The maximum atomic E-state index is 12.4. The zero-order chi connectivity index (χ0) is 15.8. The van der Waals surface area contributed by atoms with Crippen LogP contribution in [0.15, 0.2) is 10.5 Å². The van der Waals surface area contributed by atoms with Crippen LogP contribution in [0.1, 0.15) is 18.2 Å². The number of nitrogens with zero attached hydrogens (tertiary/aromatic N) is 6. The highest BCUT2D eigenvalue weighted by molar-refractivity contribution is 8.01. The van der Waals surface area contributed by atoms with Gasteiger partial charge in [-0.15, -0.1) is 15.3 Å². The summed E-state index contributed by atoms with van der Waals surface area (Å²) >= 11 is 2.66. The minimum absolute atomic E-state index is 0.0427. The van der Waals surface area contributed by atoms with E-state index in [4.69, 9.17) is 10.5 Å². The number of carbonyl (C=O) groups is 1. The van der Waals surface area contributed by atoms with Crippen molar-refractivity contribution in [3.8, 4) is 0 Å². The third-order valence-electron chi connectivity index (χ3n) is 4.02. The molecule has 2 aromatic rings. The Hall–Kier alpha value is -1.72. The number of nitrogens with two attached hydrogens (primary N) is 1. The van der Waals surface area contributed by atoms with E-state index in [1.807, 2.05) is 9.58 Å². The second kappa shape index (κ2) is 6.06. The van der Waals surface area contributed by atoms with E-state index in [1.165, 1.54) is 23.1 Å². The van der Waals surface area contributed by atoms with Gasteiger partial charge < -0.3 is 15.4 Å². The molecule has 0 radical (unpaired) electrons. The van der Waals surface area contributed by atoms with E-state index in [2.05, 4.69) is 20.5 Å². The number of hydrogen-bond donors (Lipinski definition) is 1. The Morgan fingerprint density at radius 3 is 3.26 bits per heavy atom. The first-order chi connectivity index (χ1) is 11.2. The second-order valence-corrected chi connectivity index (χ2v) is 7.64. The van der Waals surface area contributed by atoms with Gasteiger partial charge in [0.1, 0.15) is 0 Å². The van der Waals surface area contributed by atoms with Gasteiger partial charge in [-0.05, 0) is 6.42 Å². The van der Waals surface area contributed by atoms with E-state index in [0.717, 1.165) is 12.1 Å². The highest BCUT2D eigenvalue weighted by atomic mass is 32.2. The molecule has 2 N–H and O–H groups in total. The summed E-state index contributed by atoms with van der Waals surface area (Å²) in [6.45, 7) is 1.83. The molecule has 4 heterocycles. The Bertz CT molecular complexity index is 718. The van der Waals surface area contributed by atoms with Crippen molar-refractivity contribution in [3.63, 3.8) is 0 Å². The van der Waals surface area contributed by atoms with Crippen LogP contribution in [-0.4, -0.2) is 60.9 Å². The lowest BCUT2D eigenvalue weighted by atomic mass is 10.0. The van der Waals surface area contributed by atoms with Crippen molar-refractivity contribution in [2.45, 2.75) is 29.5 Å². The fourth-order valence-corrected chi connectivity index (χ4v) is 4.44. The first kappa shape index (κ1) is 14.8. The van der Waals surface area contributed by atoms with Gasteiger partial charge in [-0.25, -0.2) is 4.68 Å². The standard InChI is InChI=1S/C12H15N7O2S2/c13-11-15-16-12(23-11)22-6-10(20)18-2-1-9-8(4-18)19-7(5-21-9)3-14-17-19/h3,8-9H,1-2,4-6H2,(H2,13,15)/t8-,9+/m0/s1. The second-order valence-electron chi connectivity index (χ2n) is 5.41. The zero-order valence-electron chi connectivity index (χ0n) is 12.2. The van der Waals surface area contributed by atoms with Gasteiger partial charge in [0.25, 0.3) is 0 Å².